The summed E-state index contributed by atoms with van der Waals surface area (Å²) in [6.07, 6.45) is -5.25. The predicted molar refractivity (Wildman–Crippen MR) is 77.1 cm³/mol. The van der Waals surface area contributed by atoms with Crippen LogP contribution >= 0.6 is 0 Å². The standard InChI is InChI=1S/C14H14F3N3O5/c1-20-11(22)13(14(15,16)17,19-12(20)23)18-10(21)7-4-5-8(24-2)9(6-7)25-3/h4-6H,1-3H3,(H,18,21)(H,19,23)/t13-/m1/s1. The van der Waals surface area contributed by atoms with E-state index in [9.17, 15) is 27.6 Å². The van der Waals surface area contributed by atoms with Crippen molar-refractivity contribution >= 4 is 17.8 Å². The van der Waals surface area contributed by atoms with Crippen LogP contribution in [0.3, 0.4) is 0 Å². The number of urea groups is 1. The molecule has 0 aliphatic carbocycles. The van der Waals surface area contributed by atoms with Gasteiger partial charge in [0.05, 0.1) is 14.2 Å². The van der Waals surface area contributed by atoms with Gasteiger partial charge in [-0.1, -0.05) is 0 Å². The van der Waals surface area contributed by atoms with Gasteiger partial charge in [-0.3, -0.25) is 19.8 Å². The van der Waals surface area contributed by atoms with Crippen molar-refractivity contribution in [3.63, 3.8) is 0 Å². The van der Waals surface area contributed by atoms with E-state index in [1.54, 1.807) is 5.32 Å². The Balaban J connectivity index is 2.40. The molecule has 1 aromatic carbocycles. The minimum Gasteiger partial charge on any atom is -0.493 e. The van der Waals surface area contributed by atoms with Crippen LogP contribution < -0.4 is 20.1 Å². The zero-order valence-corrected chi connectivity index (χ0v) is 13.4. The molecule has 0 aromatic heterocycles. The highest BCUT2D eigenvalue weighted by molar-refractivity contribution is 6.10. The molecule has 0 radical (unpaired) electrons. The molecule has 1 heterocycles. The first kappa shape index (κ1) is 18.4. The average molecular weight is 361 g/mol. The maximum atomic E-state index is 13.4. The number of amides is 4. The van der Waals surface area contributed by atoms with Crippen LogP contribution in [-0.4, -0.2) is 55.9 Å². The second-order valence-electron chi connectivity index (χ2n) is 5.07. The molecule has 8 nitrogen and oxygen atoms in total. The zero-order chi connectivity index (χ0) is 19.0. The van der Waals surface area contributed by atoms with Crippen LogP contribution in [0, 0.1) is 0 Å². The fourth-order valence-corrected chi connectivity index (χ4v) is 2.21. The number of hydrogen-bond acceptors (Lipinski definition) is 5. The highest BCUT2D eigenvalue weighted by Gasteiger charge is 2.68. The van der Waals surface area contributed by atoms with Crippen molar-refractivity contribution in [3.8, 4) is 11.5 Å². The van der Waals surface area contributed by atoms with Gasteiger partial charge < -0.3 is 14.8 Å². The average Bonchev–Trinajstić information content (AvgIpc) is 2.78. The third-order valence-electron chi connectivity index (χ3n) is 3.60. The van der Waals surface area contributed by atoms with E-state index in [1.165, 1.54) is 31.7 Å². The van der Waals surface area contributed by atoms with Crippen molar-refractivity contribution in [2.75, 3.05) is 21.3 Å². The molecular weight excluding hydrogens is 347 g/mol. The zero-order valence-electron chi connectivity index (χ0n) is 13.4. The fourth-order valence-electron chi connectivity index (χ4n) is 2.21. The van der Waals surface area contributed by atoms with Crippen molar-refractivity contribution in [2.45, 2.75) is 11.8 Å². The molecule has 1 saturated heterocycles. The summed E-state index contributed by atoms with van der Waals surface area (Å²) in [6, 6.07) is 2.36. The number of halogens is 3. The minimum atomic E-state index is -5.25. The number of alkyl halides is 3. The van der Waals surface area contributed by atoms with Crippen LogP contribution in [0.15, 0.2) is 18.2 Å². The number of rotatable bonds is 4. The van der Waals surface area contributed by atoms with Crippen LogP contribution in [0.1, 0.15) is 10.4 Å². The number of nitrogens with one attached hydrogen (secondary N) is 2. The third kappa shape index (κ3) is 2.92. The predicted octanol–water partition coefficient (Wildman–Crippen LogP) is 0.874. The summed E-state index contributed by atoms with van der Waals surface area (Å²) in [7, 11) is 3.50. The molecular formula is C14H14F3N3O5. The van der Waals surface area contributed by atoms with Crippen molar-refractivity contribution in [2.24, 2.45) is 0 Å². The van der Waals surface area contributed by atoms with E-state index in [1.807, 2.05) is 0 Å². The number of methoxy groups -OCH3 is 2. The molecule has 25 heavy (non-hydrogen) atoms. The Labute approximate surface area is 139 Å². The summed E-state index contributed by atoms with van der Waals surface area (Å²) in [5, 5.41) is 3.05. The van der Waals surface area contributed by atoms with Gasteiger partial charge in [0.2, 0.25) is 0 Å². The smallest absolute Gasteiger partial charge is 0.440 e. The Morgan fingerprint density at radius 1 is 1.20 bits per heavy atom. The molecule has 4 amide bonds. The molecule has 0 bridgehead atoms. The first-order valence-corrected chi connectivity index (χ1v) is 6.79. The Bertz CT molecular complexity index is 737. The Morgan fingerprint density at radius 2 is 1.80 bits per heavy atom. The normalized spacial score (nSPS) is 20.3. The lowest BCUT2D eigenvalue weighted by Gasteiger charge is -2.29. The molecule has 1 aliphatic rings. The highest BCUT2D eigenvalue weighted by Crippen LogP contribution is 2.34. The van der Waals surface area contributed by atoms with Gasteiger partial charge in [-0.2, -0.15) is 13.2 Å². The summed E-state index contributed by atoms with van der Waals surface area (Å²) < 4.78 is 50.2. The van der Waals surface area contributed by atoms with Crippen LogP contribution in [0.4, 0.5) is 18.0 Å². The molecule has 0 unspecified atom stereocenters. The van der Waals surface area contributed by atoms with Crippen molar-refractivity contribution in [3.05, 3.63) is 23.8 Å². The number of likely N-dealkylation sites (N-methyl/N-ethyl adjacent to an activating group) is 1. The quantitative estimate of drug-likeness (QED) is 0.776. The molecule has 136 valence electrons. The van der Waals surface area contributed by atoms with Gasteiger partial charge in [0.1, 0.15) is 0 Å². The SMILES string of the molecule is COc1ccc(C(=O)N[C@@]2(C(F)(F)F)NC(=O)N(C)C2=O)cc1OC. The molecule has 1 aromatic rings. The van der Waals surface area contributed by atoms with E-state index in [2.05, 4.69) is 0 Å². The number of ether oxygens (including phenoxy) is 2. The van der Waals surface area contributed by atoms with Gasteiger partial charge >= 0.3 is 12.2 Å². The summed E-state index contributed by atoms with van der Waals surface area (Å²) in [5.41, 5.74) is -3.76. The Morgan fingerprint density at radius 3 is 2.24 bits per heavy atom. The molecule has 2 N–H and O–H groups in total. The van der Waals surface area contributed by atoms with E-state index < -0.39 is 29.7 Å². The molecule has 1 atom stereocenters. The summed E-state index contributed by atoms with van der Waals surface area (Å²) >= 11 is 0. The van der Waals surface area contributed by atoms with Gasteiger partial charge in [-0.05, 0) is 18.2 Å². The maximum Gasteiger partial charge on any atom is 0.440 e. The third-order valence-corrected chi connectivity index (χ3v) is 3.60. The van der Waals surface area contributed by atoms with Crippen molar-refractivity contribution in [1.82, 2.24) is 15.5 Å². The second kappa shape index (κ2) is 6.15. The van der Waals surface area contributed by atoms with Gasteiger partial charge in [-0.15, -0.1) is 0 Å². The molecule has 11 heteroatoms. The van der Waals surface area contributed by atoms with Crippen LogP contribution in [0.2, 0.25) is 0 Å². The monoisotopic (exact) mass is 361 g/mol. The summed E-state index contributed by atoms with van der Waals surface area (Å²) in [5.74, 6) is -2.51. The van der Waals surface area contributed by atoms with Gasteiger partial charge in [0.25, 0.3) is 17.5 Å². The number of nitrogens with zero attached hydrogens (tertiary/aromatic N) is 1. The summed E-state index contributed by atoms with van der Waals surface area (Å²) in [4.78, 5) is 35.9. The maximum absolute atomic E-state index is 13.4. The molecule has 2 rings (SSSR count). The topological polar surface area (TPSA) is 97.0 Å². The van der Waals surface area contributed by atoms with E-state index in [4.69, 9.17) is 9.47 Å². The Kier molecular flexibility index (Phi) is 4.51. The number of carbonyl (C=O) groups is 3. The highest BCUT2D eigenvalue weighted by atomic mass is 19.4. The lowest BCUT2D eigenvalue weighted by Crippen LogP contribution is -2.69. The van der Waals surface area contributed by atoms with Crippen molar-refractivity contribution < 1.29 is 37.0 Å². The number of carbonyl (C=O) groups excluding carboxylic acids is 3. The van der Waals surface area contributed by atoms with E-state index in [0.29, 0.717) is 0 Å². The van der Waals surface area contributed by atoms with E-state index in [-0.39, 0.29) is 22.0 Å². The lowest BCUT2D eigenvalue weighted by molar-refractivity contribution is -0.199. The van der Waals surface area contributed by atoms with Gasteiger partial charge in [-0.25, -0.2) is 4.79 Å². The summed E-state index contributed by atoms with van der Waals surface area (Å²) in [6.45, 7) is 0. The van der Waals surface area contributed by atoms with Gasteiger partial charge in [0.15, 0.2) is 11.5 Å². The first-order valence-electron chi connectivity index (χ1n) is 6.79. The van der Waals surface area contributed by atoms with Crippen LogP contribution in [0.25, 0.3) is 0 Å². The molecule has 1 fully saturated rings. The molecule has 0 spiro atoms. The second-order valence-corrected chi connectivity index (χ2v) is 5.07. The van der Waals surface area contributed by atoms with E-state index >= 15 is 0 Å². The number of imide groups is 1. The van der Waals surface area contributed by atoms with Crippen LogP contribution in [0.5, 0.6) is 11.5 Å². The van der Waals surface area contributed by atoms with Crippen molar-refractivity contribution in [1.29, 1.82) is 0 Å². The molecule has 1 aliphatic heterocycles. The Hall–Kier alpha value is -2.98. The van der Waals surface area contributed by atoms with Crippen LogP contribution in [-0.2, 0) is 4.79 Å². The first-order chi connectivity index (χ1) is 11.6. The van der Waals surface area contributed by atoms with Gasteiger partial charge in [0, 0.05) is 12.6 Å². The number of hydrogen-bond donors (Lipinski definition) is 2. The molecule has 0 saturated carbocycles. The lowest BCUT2D eigenvalue weighted by atomic mass is 10.1. The number of benzene rings is 1. The fraction of sp³-hybridized carbons (Fsp3) is 0.357. The minimum absolute atomic E-state index is 0.107. The largest absolute Gasteiger partial charge is 0.493 e. The van der Waals surface area contributed by atoms with E-state index in [0.717, 1.165) is 13.1 Å².